The molecule has 0 aliphatic rings. The van der Waals surface area contributed by atoms with Gasteiger partial charge in [0.1, 0.15) is 0 Å². The Kier molecular flexibility index (Phi) is 5.61. The molecule has 0 bridgehead atoms. The monoisotopic (exact) mass is 312 g/mol. The van der Waals surface area contributed by atoms with Crippen LogP contribution in [-0.4, -0.2) is 15.8 Å². The lowest BCUT2D eigenvalue weighted by molar-refractivity contribution is 1.03. The van der Waals surface area contributed by atoms with Gasteiger partial charge in [-0.3, -0.25) is 10.4 Å². The maximum atomic E-state index is 5.33. The molecule has 0 saturated heterocycles. The summed E-state index contributed by atoms with van der Waals surface area (Å²) in [5.41, 5.74) is 8.21. The number of pyridine rings is 1. The second-order valence-electron chi connectivity index (χ2n) is 4.96. The van der Waals surface area contributed by atoms with E-state index in [2.05, 4.69) is 52.9 Å². The van der Waals surface area contributed by atoms with E-state index >= 15 is 0 Å². The van der Waals surface area contributed by atoms with Crippen molar-refractivity contribution in [3.63, 3.8) is 0 Å². The molecule has 4 nitrogen and oxygen atoms in total. The predicted octanol–water partition coefficient (Wildman–Crippen LogP) is 3.66. The molecule has 114 valence electrons. The van der Waals surface area contributed by atoms with Crippen molar-refractivity contribution in [3.8, 4) is 0 Å². The Morgan fingerprint density at radius 3 is 2.64 bits per heavy atom. The topological polar surface area (TPSA) is 49.3 Å². The number of hydrogen-bond acceptors (Lipinski definition) is 3. The summed E-state index contributed by atoms with van der Waals surface area (Å²) in [7, 11) is 0. The molecule has 2 rings (SSSR count). The minimum atomic E-state index is 0.484. The fourth-order valence-corrected chi connectivity index (χ4v) is 2.28. The lowest BCUT2D eigenvalue weighted by Gasteiger charge is -2.14. The number of thiocarbonyl (C=S) groups is 1. The molecule has 1 heterocycles. The molecule has 2 aromatic rings. The second kappa shape index (κ2) is 7.66. The van der Waals surface area contributed by atoms with Crippen LogP contribution in [0.2, 0.25) is 0 Å². The van der Waals surface area contributed by atoms with Crippen LogP contribution in [0.25, 0.3) is 0 Å². The summed E-state index contributed by atoms with van der Waals surface area (Å²) in [6.07, 6.45) is 4.43. The van der Waals surface area contributed by atoms with Gasteiger partial charge in [0.2, 0.25) is 0 Å². The van der Waals surface area contributed by atoms with Crippen molar-refractivity contribution in [1.82, 2.24) is 10.4 Å². The molecule has 0 fully saturated rings. The van der Waals surface area contributed by atoms with Gasteiger partial charge in [0, 0.05) is 23.6 Å². The van der Waals surface area contributed by atoms with Gasteiger partial charge < -0.3 is 5.32 Å². The van der Waals surface area contributed by atoms with Crippen LogP contribution in [0, 0.1) is 6.92 Å². The third kappa shape index (κ3) is 4.11. The quantitative estimate of drug-likeness (QED) is 0.514. The van der Waals surface area contributed by atoms with Crippen molar-refractivity contribution in [1.29, 1.82) is 0 Å². The van der Waals surface area contributed by atoms with Crippen LogP contribution in [0.4, 0.5) is 5.69 Å². The molecule has 0 amide bonds. The number of aryl methyl sites for hydroxylation is 2. The minimum absolute atomic E-state index is 0.484. The van der Waals surface area contributed by atoms with Gasteiger partial charge in [-0.1, -0.05) is 25.1 Å². The fourth-order valence-electron chi connectivity index (χ4n) is 2.14. The van der Waals surface area contributed by atoms with Crippen LogP contribution in [0.1, 0.15) is 30.5 Å². The maximum absolute atomic E-state index is 5.33. The molecule has 22 heavy (non-hydrogen) atoms. The van der Waals surface area contributed by atoms with Gasteiger partial charge in [-0.2, -0.15) is 5.10 Å². The first-order valence-electron chi connectivity index (χ1n) is 7.22. The average molecular weight is 312 g/mol. The molecular weight excluding hydrogens is 292 g/mol. The van der Waals surface area contributed by atoms with Crippen molar-refractivity contribution >= 4 is 28.7 Å². The van der Waals surface area contributed by atoms with Gasteiger partial charge in [-0.25, -0.2) is 0 Å². The summed E-state index contributed by atoms with van der Waals surface area (Å²) < 4.78 is 0. The minimum Gasteiger partial charge on any atom is -0.331 e. The van der Waals surface area contributed by atoms with E-state index in [0.717, 1.165) is 23.4 Å². The molecule has 0 aliphatic heterocycles. The van der Waals surface area contributed by atoms with Crippen molar-refractivity contribution < 1.29 is 0 Å². The number of rotatable bonds is 4. The zero-order valence-electron chi connectivity index (χ0n) is 13.1. The largest absolute Gasteiger partial charge is 0.331 e. The normalized spacial score (nSPS) is 11.1. The van der Waals surface area contributed by atoms with Crippen molar-refractivity contribution in [3.05, 3.63) is 59.4 Å². The molecule has 2 N–H and O–H groups in total. The number of benzene rings is 1. The van der Waals surface area contributed by atoms with Gasteiger partial charge in [0.25, 0.3) is 0 Å². The summed E-state index contributed by atoms with van der Waals surface area (Å²) in [6.45, 7) is 6.12. The standard InChI is InChI=1S/C17H20N4S/c1-4-14-7-5-6-12(2)16(14)19-17(22)21-20-13(3)15-8-10-18-11-9-15/h5-11H,4H2,1-3H3,(H2,19,21,22)/b20-13-. The number of aromatic nitrogens is 1. The highest BCUT2D eigenvalue weighted by molar-refractivity contribution is 7.80. The number of hydrazone groups is 1. The third-order valence-corrected chi connectivity index (χ3v) is 3.60. The second-order valence-corrected chi connectivity index (χ2v) is 5.37. The first kappa shape index (κ1) is 16.1. The molecule has 0 atom stereocenters. The molecule has 0 unspecified atom stereocenters. The van der Waals surface area contributed by atoms with Gasteiger partial charge in [0.15, 0.2) is 5.11 Å². The van der Waals surface area contributed by atoms with E-state index in [1.807, 2.05) is 19.1 Å². The molecular formula is C17H20N4S. The zero-order chi connectivity index (χ0) is 15.9. The number of para-hydroxylation sites is 1. The third-order valence-electron chi connectivity index (χ3n) is 3.40. The van der Waals surface area contributed by atoms with Gasteiger partial charge in [-0.05, 0) is 55.7 Å². The maximum Gasteiger partial charge on any atom is 0.191 e. The van der Waals surface area contributed by atoms with Crippen molar-refractivity contribution in [2.24, 2.45) is 5.10 Å². The van der Waals surface area contributed by atoms with Crippen molar-refractivity contribution in [2.45, 2.75) is 27.2 Å². The highest BCUT2D eigenvalue weighted by Gasteiger charge is 2.05. The van der Waals surface area contributed by atoms with E-state index < -0.39 is 0 Å². The number of hydrogen-bond donors (Lipinski definition) is 2. The predicted molar refractivity (Wildman–Crippen MR) is 96.4 cm³/mol. The van der Waals surface area contributed by atoms with E-state index in [9.17, 15) is 0 Å². The highest BCUT2D eigenvalue weighted by Crippen LogP contribution is 2.20. The molecule has 1 aromatic carbocycles. The number of anilines is 1. The Morgan fingerprint density at radius 2 is 1.95 bits per heavy atom. The van der Waals surface area contributed by atoms with E-state index in [0.29, 0.717) is 5.11 Å². The highest BCUT2D eigenvalue weighted by atomic mass is 32.1. The molecule has 5 heteroatoms. The summed E-state index contributed by atoms with van der Waals surface area (Å²) in [4.78, 5) is 3.99. The zero-order valence-corrected chi connectivity index (χ0v) is 13.9. The van der Waals surface area contributed by atoms with E-state index in [1.54, 1.807) is 12.4 Å². The number of nitrogens with zero attached hydrogens (tertiary/aromatic N) is 2. The van der Waals surface area contributed by atoms with Crippen LogP contribution >= 0.6 is 12.2 Å². The van der Waals surface area contributed by atoms with E-state index in [4.69, 9.17) is 12.2 Å². The van der Waals surface area contributed by atoms with Crippen LogP contribution in [-0.2, 0) is 6.42 Å². The Labute approximate surface area is 136 Å². The lowest BCUT2D eigenvalue weighted by Crippen LogP contribution is -2.26. The Bertz CT molecular complexity index is 680. The van der Waals surface area contributed by atoms with Crippen LogP contribution in [0.5, 0.6) is 0 Å². The van der Waals surface area contributed by atoms with Crippen LogP contribution in [0.3, 0.4) is 0 Å². The fraction of sp³-hybridized carbons (Fsp3) is 0.235. The lowest BCUT2D eigenvalue weighted by atomic mass is 10.1. The summed E-state index contributed by atoms with van der Waals surface area (Å²) >= 11 is 5.33. The van der Waals surface area contributed by atoms with Crippen LogP contribution < -0.4 is 10.7 Å². The molecule has 1 aromatic heterocycles. The molecule has 0 aliphatic carbocycles. The van der Waals surface area contributed by atoms with Gasteiger partial charge >= 0.3 is 0 Å². The molecule has 0 spiro atoms. The van der Waals surface area contributed by atoms with Gasteiger partial charge in [-0.15, -0.1) is 0 Å². The Morgan fingerprint density at radius 1 is 1.23 bits per heavy atom. The molecule has 0 saturated carbocycles. The molecule has 0 radical (unpaired) electrons. The number of nitrogens with one attached hydrogen (secondary N) is 2. The smallest absolute Gasteiger partial charge is 0.191 e. The van der Waals surface area contributed by atoms with Crippen molar-refractivity contribution in [2.75, 3.05) is 5.32 Å². The average Bonchev–Trinajstić information content (AvgIpc) is 2.55. The van der Waals surface area contributed by atoms with Gasteiger partial charge in [0.05, 0.1) is 5.71 Å². The summed E-state index contributed by atoms with van der Waals surface area (Å²) in [5, 5.41) is 8.03. The van der Waals surface area contributed by atoms with E-state index in [-0.39, 0.29) is 0 Å². The van der Waals surface area contributed by atoms with Crippen LogP contribution in [0.15, 0.2) is 47.8 Å². The Balaban J connectivity index is 2.05. The SMILES string of the molecule is CCc1cccc(C)c1NC(=S)N/N=C(/C)c1ccncc1. The first-order valence-corrected chi connectivity index (χ1v) is 7.62. The first-order chi connectivity index (χ1) is 10.6. The summed E-state index contributed by atoms with van der Waals surface area (Å²) in [6, 6.07) is 10.0. The van der Waals surface area contributed by atoms with E-state index in [1.165, 1.54) is 11.1 Å². The summed E-state index contributed by atoms with van der Waals surface area (Å²) in [5.74, 6) is 0. The Hall–Kier alpha value is -2.27.